The van der Waals surface area contributed by atoms with Crippen molar-refractivity contribution in [2.75, 3.05) is 0 Å². The number of aromatic nitrogens is 4. The highest BCUT2D eigenvalue weighted by atomic mass is 16.5. The molecule has 0 spiro atoms. The number of H-pyrrole nitrogens is 1. The van der Waals surface area contributed by atoms with Gasteiger partial charge in [0.1, 0.15) is 11.6 Å². The Kier molecular flexibility index (Phi) is 7.68. The Hall–Kier alpha value is -4.92. The zero-order valence-electron chi connectivity index (χ0n) is 21.5. The average molecular weight is 522 g/mol. The lowest BCUT2D eigenvalue weighted by molar-refractivity contribution is -0.119. The van der Waals surface area contributed by atoms with Crippen LogP contribution < -0.4 is 15.8 Å². The lowest BCUT2D eigenvalue weighted by Crippen LogP contribution is -2.30. The molecule has 0 aliphatic carbocycles. The van der Waals surface area contributed by atoms with Crippen molar-refractivity contribution in [2.45, 2.75) is 32.4 Å². The van der Waals surface area contributed by atoms with E-state index in [0.29, 0.717) is 36.8 Å². The molecule has 2 amide bonds. The summed E-state index contributed by atoms with van der Waals surface area (Å²) in [6.07, 6.45) is 4.40. The second-order valence-electron chi connectivity index (χ2n) is 9.28. The van der Waals surface area contributed by atoms with E-state index in [9.17, 15) is 9.59 Å². The minimum absolute atomic E-state index is 0.150. The Bertz CT molecular complexity index is 1570. The molecule has 0 saturated heterocycles. The summed E-state index contributed by atoms with van der Waals surface area (Å²) in [6, 6.07) is 24.8. The topological polar surface area (TPSA) is 128 Å². The van der Waals surface area contributed by atoms with Crippen molar-refractivity contribution in [3.8, 4) is 5.75 Å². The fourth-order valence-electron chi connectivity index (χ4n) is 4.66. The largest absolute Gasteiger partial charge is 0.411 e. The molecule has 5 aromatic rings. The fraction of sp³-hybridized carbons (Fsp3) is 0.167. The predicted molar refractivity (Wildman–Crippen MR) is 148 cm³/mol. The number of nitrogens with one attached hydrogen (secondary N) is 2. The van der Waals surface area contributed by atoms with E-state index in [1.807, 2.05) is 77.8 Å². The molecule has 9 nitrogen and oxygen atoms in total. The number of carbonyl (C=O) groups is 2. The highest BCUT2D eigenvalue weighted by Gasteiger charge is 2.23. The number of amides is 2. The van der Waals surface area contributed by atoms with E-state index in [4.69, 9.17) is 10.5 Å². The smallest absolute Gasteiger partial charge is 0.409 e. The van der Waals surface area contributed by atoms with Crippen molar-refractivity contribution >= 4 is 22.9 Å². The lowest BCUT2D eigenvalue weighted by atomic mass is 10.0. The summed E-state index contributed by atoms with van der Waals surface area (Å²) in [6.45, 7) is 1.95. The van der Waals surface area contributed by atoms with Crippen LogP contribution in [0.1, 0.15) is 41.3 Å². The van der Waals surface area contributed by atoms with Crippen LogP contribution >= 0.6 is 0 Å². The molecule has 1 radical (unpaired) electrons. The van der Waals surface area contributed by atoms with Gasteiger partial charge in [-0.3, -0.25) is 4.79 Å². The van der Waals surface area contributed by atoms with Gasteiger partial charge in [0, 0.05) is 30.4 Å². The van der Waals surface area contributed by atoms with Crippen molar-refractivity contribution in [2.24, 2.45) is 5.73 Å². The van der Waals surface area contributed by atoms with Gasteiger partial charge in [-0.15, -0.1) is 10.2 Å². The lowest BCUT2D eigenvalue weighted by Gasteiger charge is -2.20. The Morgan fingerprint density at radius 1 is 1.00 bits per heavy atom. The highest BCUT2D eigenvalue weighted by molar-refractivity contribution is 5.83. The van der Waals surface area contributed by atoms with Gasteiger partial charge in [0.25, 0.3) is 0 Å². The van der Waals surface area contributed by atoms with Gasteiger partial charge in [-0.2, -0.15) is 0 Å². The molecule has 0 aliphatic heterocycles. The summed E-state index contributed by atoms with van der Waals surface area (Å²) in [5, 5.41) is 13.3. The molecule has 197 valence electrons. The van der Waals surface area contributed by atoms with Gasteiger partial charge in [0.2, 0.25) is 5.91 Å². The van der Waals surface area contributed by atoms with Crippen LogP contribution in [-0.4, -0.2) is 31.7 Å². The number of para-hydroxylation sites is 1. The van der Waals surface area contributed by atoms with Crippen LogP contribution in [0.25, 0.3) is 10.9 Å². The Morgan fingerprint density at radius 2 is 1.74 bits per heavy atom. The molecule has 0 bridgehead atoms. The summed E-state index contributed by atoms with van der Waals surface area (Å²) in [5.41, 5.74) is 9.38. The number of primary amides is 1. The molecule has 2 heterocycles. The minimum atomic E-state index is -0.864. The first-order chi connectivity index (χ1) is 19.0. The second kappa shape index (κ2) is 11.6. The Balaban J connectivity index is 1.47. The van der Waals surface area contributed by atoms with E-state index >= 15 is 0 Å². The molecule has 2 aromatic heterocycles. The van der Waals surface area contributed by atoms with Gasteiger partial charge in [-0.1, -0.05) is 60.7 Å². The van der Waals surface area contributed by atoms with Crippen molar-refractivity contribution in [3.05, 3.63) is 120 Å². The highest BCUT2D eigenvalue weighted by Crippen LogP contribution is 2.24. The third-order valence-electron chi connectivity index (χ3n) is 6.44. The predicted octanol–water partition coefficient (Wildman–Crippen LogP) is 4.48. The third kappa shape index (κ3) is 6.32. The maximum absolute atomic E-state index is 12.2. The number of nitrogens with two attached hydrogens (primary N) is 1. The molecule has 39 heavy (non-hydrogen) atoms. The van der Waals surface area contributed by atoms with E-state index < -0.39 is 6.09 Å². The van der Waals surface area contributed by atoms with Crippen LogP contribution in [0.4, 0.5) is 4.79 Å². The van der Waals surface area contributed by atoms with Gasteiger partial charge in [-0.25, -0.2) is 4.79 Å². The first-order valence-electron chi connectivity index (χ1n) is 12.6. The summed E-state index contributed by atoms with van der Waals surface area (Å²) in [5.74, 6) is 1.55. The molecule has 0 unspecified atom stereocenters. The molecular formula is C30H29N6O3. The van der Waals surface area contributed by atoms with E-state index in [2.05, 4.69) is 26.6 Å². The Morgan fingerprint density at radius 3 is 2.49 bits per heavy atom. The average Bonchev–Trinajstić information content (AvgIpc) is 3.52. The number of benzene rings is 3. The number of hydrogen-bond donors (Lipinski definition) is 3. The van der Waals surface area contributed by atoms with Gasteiger partial charge in [-0.05, 0) is 47.7 Å². The van der Waals surface area contributed by atoms with Crippen molar-refractivity contribution in [1.29, 1.82) is 0 Å². The molecule has 3 aromatic carbocycles. The molecule has 9 heteroatoms. The van der Waals surface area contributed by atoms with E-state index in [-0.39, 0.29) is 11.9 Å². The number of fused-ring (bicyclic) bond motifs is 1. The molecule has 0 fully saturated rings. The molecule has 0 saturated carbocycles. The number of ether oxygens (including phenoxy) is 1. The van der Waals surface area contributed by atoms with Crippen LogP contribution in [0.15, 0.2) is 85.1 Å². The SMILES string of the molecule is CC(=O)N[C@@H](Cc1ccccc1)c1nnc([CH]Cc2c[nH]c3ccccc23)n1Cc1ccc(OC(N)=O)cc1. The first kappa shape index (κ1) is 25.7. The zero-order valence-corrected chi connectivity index (χ0v) is 21.5. The van der Waals surface area contributed by atoms with Crippen molar-refractivity contribution in [1.82, 2.24) is 25.1 Å². The van der Waals surface area contributed by atoms with E-state index in [1.165, 1.54) is 6.92 Å². The van der Waals surface area contributed by atoms with Gasteiger partial charge >= 0.3 is 6.09 Å². The summed E-state index contributed by atoms with van der Waals surface area (Å²) < 4.78 is 6.98. The maximum Gasteiger partial charge on any atom is 0.409 e. The van der Waals surface area contributed by atoms with Crippen molar-refractivity contribution in [3.63, 3.8) is 0 Å². The van der Waals surface area contributed by atoms with Gasteiger partial charge in [0.05, 0.1) is 12.6 Å². The normalized spacial score (nSPS) is 11.8. The van der Waals surface area contributed by atoms with Crippen LogP contribution in [0, 0.1) is 6.42 Å². The standard InChI is InChI=1S/C30H29N6O3/c1-20(37)33-27(17-21-7-3-2-4-8-21)29-35-34-28(16-13-23-18-32-26-10-6-5-9-25(23)26)36(29)19-22-11-14-24(15-12-22)39-30(31)38/h2-12,14-16,18,27,32H,13,17,19H2,1H3,(H2,31,38)(H,33,37)/t27-/m0/s1. The maximum atomic E-state index is 12.2. The van der Waals surface area contributed by atoms with Crippen LogP contribution in [0.5, 0.6) is 5.75 Å². The summed E-state index contributed by atoms with van der Waals surface area (Å²) >= 11 is 0. The second-order valence-corrected chi connectivity index (χ2v) is 9.28. The quantitative estimate of drug-likeness (QED) is 0.250. The molecule has 1 atom stereocenters. The van der Waals surface area contributed by atoms with Gasteiger partial charge < -0.3 is 25.3 Å². The number of nitrogens with zero attached hydrogens (tertiary/aromatic N) is 3. The van der Waals surface area contributed by atoms with Gasteiger partial charge in [0.15, 0.2) is 5.82 Å². The van der Waals surface area contributed by atoms with Crippen molar-refractivity contribution < 1.29 is 14.3 Å². The molecule has 4 N–H and O–H groups in total. The number of aromatic amines is 1. The molecule has 5 rings (SSSR count). The minimum Gasteiger partial charge on any atom is -0.411 e. The zero-order chi connectivity index (χ0) is 27.2. The third-order valence-corrected chi connectivity index (χ3v) is 6.44. The number of rotatable bonds is 10. The summed E-state index contributed by atoms with van der Waals surface area (Å²) in [7, 11) is 0. The monoisotopic (exact) mass is 521 g/mol. The van der Waals surface area contributed by atoms with E-state index in [0.717, 1.165) is 27.6 Å². The fourth-order valence-corrected chi connectivity index (χ4v) is 4.66. The van der Waals surface area contributed by atoms with E-state index in [1.54, 1.807) is 12.1 Å². The number of carbonyl (C=O) groups excluding carboxylic acids is 2. The molecule has 0 aliphatic rings. The molecular weight excluding hydrogens is 492 g/mol. The Labute approximate surface area is 226 Å². The van der Waals surface area contributed by atoms with Crippen LogP contribution in [0.3, 0.4) is 0 Å². The summed E-state index contributed by atoms with van der Waals surface area (Å²) in [4.78, 5) is 26.6. The van der Waals surface area contributed by atoms with Crippen LogP contribution in [0.2, 0.25) is 0 Å². The van der Waals surface area contributed by atoms with Crippen LogP contribution in [-0.2, 0) is 24.2 Å². The number of hydrogen-bond acceptors (Lipinski definition) is 5. The first-order valence-corrected chi connectivity index (χ1v) is 12.6.